The van der Waals surface area contributed by atoms with Crippen molar-refractivity contribution in [1.82, 2.24) is 19.7 Å². The highest BCUT2D eigenvalue weighted by Crippen LogP contribution is 2.16. The Kier molecular flexibility index (Phi) is 5.35. The van der Waals surface area contributed by atoms with Crippen molar-refractivity contribution in [3.63, 3.8) is 0 Å². The van der Waals surface area contributed by atoms with E-state index in [-0.39, 0.29) is 11.3 Å². The monoisotopic (exact) mass is 390 g/mol. The molecule has 1 fully saturated rings. The van der Waals surface area contributed by atoms with Gasteiger partial charge >= 0.3 is 0 Å². The number of anilines is 2. The summed E-state index contributed by atoms with van der Waals surface area (Å²) >= 11 is 0. The molecule has 0 unspecified atom stereocenters. The summed E-state index contributed by atoms with van der Waals surface area (Å²) in [6.45, 7) is 3.87. The minimum absolute atomic E-state index is 0.150. The van der Waals surface area contributed by atoms with Gasteiger partial charge in [0.15, 0.2) is 0 Å². The number of pyridine rings is 1. The van der Waals surface area contributed by atoms with Crippen molar-refractivity contribution in [2.45, 2.75) is 0 Å². The predicted octanol–water partition coefficient (Wildman–Crippen LogP) is 1.63. The number of piperazine rings is 1. The molecule has 0 radical (unpaired) electrons. The molecule has 8 nitrogen and oxygen atoms in total. The first-order valence-electron chi connectivity index (χ1n) is 9.47. The summed E-state index contributed by atoms with van der Waals surface area (Å²) in [7, 11) is 2.11. The second-order valence-electron chi connectivity index (χ2n) is 6.95. The summed E-state index contributed by atoms with van der Waals surface area (Å²) in [5.41, 5.74) is 1.03. The molecule has 148 valence electrons. The standard InChI is InChI=1S/C21H22N6O2/c1-25-11-13-26(14-12-25)19-9-7-16(15-22-19)23-21(29)18-8-10-20(28)27(24-18)17-5-3-2-4-6-17/h2-10,15H,11-14H2,1H3,(H,23,29). The number of rotatable bonds is 4. The molecule has 1 aliphatic rings. The van der Waals surface area contributed by atoms with Crippen LogP contribution in [0.4, 0.5) is 11.5 Å². The highest BCUT2D eigenvalue weighted by Gasteiger charge is 2.16. The summed E-state index contributed by atoms with van der Waals surface area (Å²) in [6, 6.07) is 15.5. The predicted molar refractivity (Wildman–Crippen MR) is 112 cm³/mol. The van der Waals surface area contributed by atoms with Gasteiger partial charge in [-0.15, -0.1) is 0 Å². The number of amides is 1. The lowest BCUT2D eigenvalue weighted by molar-refractivity contribution is 0.102. The molecule has 0 atom stereocenters. The zero-order chi connectivity index (χ0) is 20.2. The van der Waals surface area contributed by atoms with E-state index in [0.29, 0.717) is 11.4 Å². The Hall–Kier alpha value is -3.52. The number of nitrogens with one attached hydrogen (secondary N) is 1. The van der Waals surface area contributed by atoms with Crippen LogP contribution >= 0.6 is 0 Å². The van der Waals surface area contributed by atoms with E-state index in [4.69, 9.17) is 0 Å². The molecule has 1 N–H and O–H groups in total. The Labute approximate surface area is 168 Å². The van der Waals surface area contributed by atoms with E-state index in [0.717, 1.165) is 32.0 Å². The van der Waals surface area contributed by atoms with Crippen LogP contribution < -0.4 is 15.8 Å². The molecule has 1 amide bonds. The Morgan fingerprint density at radius 3 is 2.41 bits per heavy atom. The van der Waals surface area contributed by atoms with Gasteiger partial charge in [-0.3, -0.25) is 9.59 Å². The number of nitrogens with zero attached hydrogens (tertiary/aromatic N) is 5. The van der Waals surface area contributed by atoms with Gasteiger partial charge in [-0.05, 0) is 37.4 Å². The van der Waals surface area contributed by atoms with E-state index < -0.39 is 5.91 Å². The van der Waals surface area contributed by atoms with Gasteiger partial charge in [0.25, 0.3) is 11.5 Å². The second kappa shape index (κ2) is 8.24. The van der Waals surface area contributed by atoms with E-state index in [1.165, 1.54) is 16.8 Å². The van der Waals surface area contributed by atoms with E-state index in [9.17, 15) is 9.59 Å². The largest absolute Gasteiger partial charge is 0.354 e. The fourth-order valence-electron chi connectivity index (χ4n) is 3.16. The lowest BCUT2D eigenvalue weighted by Crippen LogP contribution is -2.44. The van der Waals surface area contributed by atoms with Crippen molar-refractivity contribution in [2.75, 3.05) is 43.4 Å². The van der Waals surface area contributed by atoms with Gasteiger partial charge in [0.05, 0.1) is 17.6 Å². The number of carbonyl (C=O) groups excluding carboxylic acids is 1. The van der Waals surface area contributed by atoms with Crippen molar-refractivity contribution in [2.24, 2.45) is 0 Å². The number of hydrogen-bond acceptors (Lipinski definition) is 6. The normalized spacial score (nSPS) is 14.6. The van der Waals surface area contributed by atoms with Crippen molar-refractivity contribution in [3.05, 3.63) is 76.8 Å². The van der Waals surface area contributed by atoms with E-state index in [1.54, 1.807) is 18.3 Å². The van der Waals surface area contributed by atoms with Crippen molar-refractivity contribution in [3.8, 4) is 5.69 Å². The second-order valence-corrected chi connectivity index (χ2v) is 6.95. The summed E-state index contributed by atoms with van der Waals surface area (Å²) in [5.74, 6) is 0.496. The van der Waals surface area contributed by atoms with Gasteiger partial charge in [0.2, 0.25) is 0 Å². The number of hydrogen-bond donors (Lipinski definition) is 1. The summed E-state index contributed by atoms with van der Waals surface area (Å²) in [6.07, 6.45) is 1.64. The molecule has 8 heteroatoms. The number of para-hydroxylation sites is 1. The van der Waals surface area contributed by atoms with Crippen LogP contribution in [0, 0.1) is 0 Å². The molecule has 4 rings (SSSR count). The van der Waals surface area contributed by atoms with Gasteiger partial charge < -0.3 is 15.1 Å². The molecule has 1 aromatic carbocycles. The lowest BCUT2D eigenvalue weighted by Gasteiger charge is -2.33. The Morgan fingerprint density at radius 1 is 0.966 bits per heavy atom. The number of carbonyl (C=O) groups is 1. The van der Waals surface area contributed by atoms with Crippen LogP contribution in [0.5, 0.6) is 0 Å². The SMILES string of the molecule is CN1CCN(c2ccc(NC(=O)c3ccc(=O)n(-c4ccccc4)n3)cn2)CC1. The van der Waals surface area contributed by atoms with Gasteiger partial charge in [0.1, 0.15) is 11.5 Å². The fraction of sp³-hybridized carbons (Fsp3) is 0.238. The van der Waals surface area contributed by atoms with Crippen LogP contribution in [0.2, 0.25) is 0 Å². The maximum absolute atomic E-state index is 12.6. The Bertz CT molecular complexity index is 1040. The van der Waals surface area contributed by atoms with Crippen molar-refractivity contribution < 1.29 is 4.79 Å². The maximum atomic E-state index is 12.6. The van der Waals surface area contributed by atoms with Crippen molar-refractivity contribution in [1.29, 1.82) is 0 Å². The minimum atomic E-state index is -0.399. The van der Waals surface area contributed by atoms with Crippen molar-refractivity contribution >= 4 is 17.4 Å². The van der Waals surface area contributed by atoms with E-state index >= 15 is 0 Å². The fourth-order valence-corrected chi connectivity index (χ4v) is 3.16. The molecule has 0 spiro atoms. The molecule has 3 aromatic rings. The van der Waals surface area contributed by atoms with Crippen LogP contribution in [0.15, 0.2) is 65.6 Å². The van der Waals surface area contributed by atoms with Gasteiger partial charge in [0, 0.05) is 32.2 Å². The zero-order valence-electron chi connectivity index (χ0n) is 16.2. The first-order valence-corrected chi connectivity index (χ1v) is 9.47. The number of benzene rings is 1. The molecule has 3 heterocycles. The van der Waals surface area contributed by atoms with Gasteiger partial charge in [-0.25, -0.2) is 4.98 Å². The van der Waals surface area contributed by atoms with Crippen LogP contribution in [-0.2, 0) is 0 Å². The molecule has 0 bridgehead atoms. The molecule has 0 saturated carbocycles. The molecule has 2 aromatic heterocycles. The smallest absolute Gasteiger partial charge is 0.276 e. The van der Waals surface area contributed by atoms with Crippen LogP contribution in [-0.4, -0.2) is 58.8 Å². The molecule has 29 heavy (non-hydrogen) atoms. The van der Waals surface area contributed by atoms with Crippen LogP contribution in [0.3, 0.4) is 0 Å². The third kappa shape index (κ3) is 4.33. The molecule has 1 saturated heterocycles. The van der Waals surface area contributed by atoms with Gasteiger partial charge in [-0.1, -0.05) is 18.2 Å². The first kappa shape index (κ1) is 18.8. The molecular weight excluding hydrogens is 368 g/mol. The Balaban J connectivity index is 1.48. The minimum Gasteiger partial charge on any atom is -0.354 e. The lowest BCUT2D eigenvalue weighted by atomic mass is 10.3. The van der Waals surface area contributed by atoms with E-state index in [1.807, 2.05) is 30.3 Å². The summed E-state index contributed by atoms with van der Waals surface area (Å²) < 4.78 is 1.21. The zero-order valence-corrected chi connectivity index (χ0v) is 16.2. The average Bonchev–Trinajstić information content (AvgIpc) is 2.76. The maximum Gasteiger partial charge on any atom is 0.276 e. The highest BCUT2D eigenvalue weighted by atomic mass is 16.2. The molecule has 1 aliphatic heterocycles. The molecule has 0 aliphatic carbocycles. The first-order chi connectivity index (χ1) is 14.1. The topological polar surface area (TPSA) is 83.4 Å². The third-order valence-electron chi connectivity index (χ3n) is 4.87. The number of aromatic nitrogens is 3. The molecular formula is C21H22N6O2. The number of likely N-dealkylation sites (N-methyl/N-ethyl adjacent to an activating group) is 1. The van der Waals surface area contributed by atoms with Crippen LogP contribution in [0.1, 0.15) is 10.5 Å². The highest BCUT2D eigenvalue weighted by molar-refractivity contribution is 6.02. The Morgan fingerprint density at radius 2 is 1.72 bits per heavy atom. The summed E-state index contributed by atoms with van der Waals surface area (Å²) in [5, 5.41) is 6.98. The average molecular weight is 390 g/mol. The quantitative estimate of drug-likeness (QED) is 0.729. The van der Waals surface area contributed by atoms with E-state index in [2.05, 4.69) is 32.2 Å². The summed E-state index contributed by atoms with van der Waals surface area (Å²) in [4.78, 5) is 33.7. The third-order valence-corrected chi connectivity index (χ3v) is 4.87. The van der Waals surface area contributed by atoms with Gasteiger partial charge in [-0.2, -0.15) is 9.78 Å². The van der Waals surface area contributed by atoms with Crippen LogP contribution in [0.25, 0.3) is 5.69 Å².